The number of nitrogens with two attached hydrogens (primary N) is 1. The van der Waals surface area contributed by atoms with Gasteiger partial charge in [0, 0.05) is 10.5 Å². The van der Waals surface area contributed by atoms with Crippen molar-refractivity contribution < 1.29 is 9.47 Å². The van der Waals surface area contributed by atoms with E-state index >= 15 is 0 Å². The van der Waals surface area contributed by atoms with Crippen LogP contribution in [-0.4, -0.2) is 0 Å². The van der Waals surface area contributed by atoms with Gasteiger partial charge in [-0.1, -0.05) is 52.3 Å². The van der Waals surface area contributed by atoms with E-state index in [4.69, 9.17) is 15.2 Å². The zero-order chi connectivity index (χ0) is 16.1. The van der Waals surface area contributed by atoms with Crippen molar-refractivity contribution >= 4 is 21.6 Å². The van der Waals surface area contributed by atoms with Gasteiger partial charge in [0.15, 0.2) is 5.75 Å². The Hall–Kier alpha value is -2.46. The van der Waals surface area contributed by atoms with Crippen LogP contribution in [0.2, 0.25) is 0 Å². The molecule has 0 aliphatic rings. The predicted octanol–water partition coefficient (Wildman–Crippen LogP) is 5.40. The van der Waals surface area contributed by atoms with Crippen molar-refractivity contribution in [2.75, 3.05) is 5.73 Å². The highest BCUT2D eigenvalue weighted by molar-refractivity contribution is 9.10. The molecule has 23 heavy (non-hydrogen) atoms. The summed E-state index contributed by atoms with van der Waals surface area (Å²) in [6, 6.07) is 23.1. The lowest BCUT2D eigenvalue weighted by molar-refractivity contribution is 0.304. The first-order chi connectivity index (χ1) is 11.2. The Morgan fingerprint density at radius 2 is 1.61 bits per heavy atom. The summed E-state index contributed by atoms with van der Waals surface area (Å²) in [6.45, 7) is 0.517. The first kappa shape index (κ1) is 15.4. The molecular formula is C19H16BrNO2. The van der Waals surface area contributed by atoms with Crippen molar-refractivity contribution in [1.82, 2.24) is 0 Å². The van der Waals surface area contributed by atoms with Crippen LogP contribution in [0.5, 0.6) is 17.2 Å². The van der Waals surface area contributed by atoms with E-state index in [2.05, 4.69) is 15.9 Å². The van der Waals surface area contributed by atoms with Crippen LogP contribution in [0.25, 0.3) is 0 Å². The van der Waals surface area contributed by atoms with Gasteiger partial charge in [-0.25, -0.2) is 0 Å². The van der Waals surface area contributed by atoms with E-state index in [0.717, 1.165) is 15.8 Å². The lowest BCUT2D eigenvalue weighted by atomic mass is 10.2. The lowest BCUT2D eigenvalue weighted by Crippen LogP contribution is -1.96. The third-order valence-electron chi connectivity index (χ3n) is 3.26. The van der Waals surface area contributed by atoms with Crippen LogP contribution in [0.15, 0.2) is 77.3 Å². The molecule has 0 aliphatic heterocycles. The average molecular weight is 370 g/mol. The molecule has 4 heteroatoms. The van der Waals surface area contributed by atoms with E-state index < -0.39 is 0 Å². The smallest absolute Gasteiger partial charge is 0.151 e. The van der Waals surface area contributed by atoms with Crippen molar-refractivity contribution in [2.24, 2.45) is 0 Å². The molecule has 3 aromatic rings. The first-order valence-corrected chi connectivity index (χ1v) is 8.00. The maximum absolute atomic E-state index is 5.93. The third-order valence-corrected chi connectivity index (χ3v) is 3.75. The Morgan fingerprint density at radius 3 is 2.43 bits per heavy atom. The molecule has 0 fully saturated rings. The van der Waals surface area contributed by atoms with Gasteiger partial charge in [0.2, 0.25) is 0 Å². The zero-order valence-corrected chi connectivity index (χ0v) is 14.0. The van der Waals surface area contributed by atoms with Gasteiger partial charge in [-0.05, 0) is 35.9 Å². The third kappa shape index (κ3) is 4.27. The second-order valence-electron chi connectivity index (χ2n) is 5.03. The number of rotatable bonds is 5. The fraction of sp³-hybridized carbons (Fsp3) is 0.0526. The average Bonchev–Trinajstić information content (AvgIpc) is 2.58. The quantitative estimate of drug-likeness (QED) is 0.612. The van der Waals surface area contributed by atoms with Crippen molar-refractivity contribution in [3.8, 4) is 17.2 Å². The molecule has 0 saturated heterocycles. The minimum atomic E-state index is 0.517. The van der Waals surface area contributed by atoms with Crippen LogP contribution >= 0.6 is 15.9 Å². The second-order valence-corrected chi connectivity index (χ2v) is 5.95. The van der Waals surface area contributed by atoms with E-state index in [9.17, 15) is 0 Å². The Morgan fingerprint density at radius 1 is 0.826 bits per heavy atom. The predicted molar refractivity (Wildman–Crippen MR) is 95.8 cm³/mol. The highest BCUT2D eigenvalue weighted by Crippen LogP contribution is 2.31. The highest BCUT2D eigenvalue weighted by Gasteiger charge is 2.05. The van der Waals surface area contributed by atoms with Crippen molar-refractivity contribution in [2.45, 2.75) is 6.61 Å². The monoisotopic (exact) mass is 369 g/mol. The molecule has 0 saturated carbocycles. The highest BCUT2D eigenvalue weighted by atomic mass is 79.9. The van der Waals surface area contributed by atoms with Gasteiger partial charge < -0.3 is 15.2 Å². The minimum absolute atomic E-state index is 0.517. The van der Waals surface area contributed by atoms with E-state index in [1.54, 1.807) is 6.07 Å². The summed E-state index contributed by atoms with van der Waals surface area (Å²) in [4.78, 5) is 0. The van der Waals surface area contributed by atoms with Crippen LogP contribution < -0.4 is 15.2 Å². The lowest BCUT2D eigenvalue weighted by Gasteiger charge is -2.11. The molecule has 0 radical (unpaired) electrons. The molecule has 116 valence electrons. The normalized spacial score (nSPS) is 10.3. The Bertz CT molecular complexity index is 790. The van der Waals surface area contributed by atoms with Gasteiger partial charge in [-0.3, -0.25) is 0 Å². The van der Waals surface area contributed by atoms with Crippen molar-refractivity contribution in [3.05, 3.63) is 82.8 Å². The number of hydrogen-bond acceptors (Lipinski definition) is 3. The second kappa shape index (κ2) is 7.20. The molecule has 3 rings (SSSR count). The number of anilines is 1. The number of benzene rings is 3. The standard InChI is InChI=1S/C19H16BrNO2/c20-15-9-10-18(21)19(11-15)23-17-8-4-7-16(12-17)22-13-14-5-2-1-3-6-14/h1-12H,13,21H2. The fourth-order valence-electron chi connectivity index (χ4n) is 2.09. The summed E-state index contributed by atoms with van der Waals surface area (Å²) in [7, 11) is 0. The summed E-state index contributed by atoms with van der Waals surface area (Å²) in [5, 5.41) is 0. The molecule has 0 aliphatic carbocycles. The Balaban J connectivity index is 1.71. The van der Waals surface area contributed by atoms with Crippen molar-refractivity contribution in [3.63, 3.8) is 0 Å². The largest absolute Gasteiger partial charge is 0.489 e. The summed E-state index contributed by atoms with van der Waals surface area (Å²) < 4.78 is 12.6. The molecule has 3 aromatic carbocycles. The molecule has 0 heterocycles. The molecule has 2 N–H and O–H groups in total. The van der Waals surface area contributed by atoms with Crippen LogP contribution in [0.4, 0.5) is 5.69 Å². The molecule has 0 bridgehead atoms. The molecule has 0 atom stereocenters. The van der Waals surface area contributed by atoms with Gasteiger partial charge in [-0.2, -0.15) is 0 Å². The number of nitrogen functional groups attached to an aromatic ring is 1. The SMILES string of the molecule is Nc1ccc(Br)cc1Oc1cccc(OCc2ccccc2)c1. The van der Waals surface area contributed by atoms with Crippen LogP contribution in [0, 0.1) is 0 Å². The van der Waals surface area contributed by atoms with Gasteiger partial charge in [0.25, 0.3) is 0 Å². The van der Waals surface area contributed by atoms with Crippen molar-refractivity contribution in [1.29, 1.82) is 0 Å². The van der Waals surface area contributed by atoms with E-state index in [1.807, 2.05) is 66.7 Å². The van der Waals surface area contributed by atoms with Gasteiger partial charge >= 0.3 is 0 Å². The minimum Gasteiger partial charge on any atom is -0.489 e. The molecule has 0 spiro atoms. The topological polar surface area (TPSA) is 44.5 Å². The molecular weight excluding hydrogens is 354 g/mol. The molecule has 3 nitrogen and oxygen atoms in total. The van der Waals surface area contributed by atoms with Crippen LogP contribution in [-0.2, 0) is 6.61 Å². The summed E-state index contributed by atoms with van der Waals surface area (Å²) >= 11 is 3.41. The number of halogens is 1. The maximum atomic E-state index is 5.93. The molecule has 0 unspecified atom stereocenters. The van der Waals surface area contributed by atoms with Gasteiger partial charge in [0.1, 0.15) is 18.1 Å². The van der Waals surface area contributed by atoms with Crippen LogP contribution in [0.3, 0.4) is 0 Å². The zero-order valence-electron chi connectivity index (χ0n) is 12.4. The maximum Gasteiger partial charge on any atom is 0.151 e. The Kier molecular flexibility index (Phi) is 4.83. The summed E-state index contributed by atoms with van der Waals surface area (Å²) in [5.41, 5.74) is 7.64. The molecule has 0 aromatic heterocycles. The van der Waals surface area contributed by atoms with E-state index in [-0.39, 0.29) is 0 Å². The summed E-state index contributed by atoms with van der Waals surface area (Å²) in [6.07, 6.45) is 0. The molecule has 0 amide bonds. The van der Waals surface area contributed by atoms with E-state index in [1.165, 1.54) is 0 Å². The fourth-order valence-corrected chi connectivity index (χ4v) is 2.43. The van der Waals surface area contributed by atoms with Gasteiger partial charge in [0.05, 0.1) is 5.69 Å². The number of ether oxygens (including phenoxy) is 2. The van der Waals surface area contributed by atoms with Crippen LogP contribution in [0.1, 0.15) is 5.56 Å². The van der Waals surface area contributed by atoms with Gasteiger partial charge in [-0.15, -0.1) is 0 Å². The Labute approximate surface area is 143 Å². The first-order valence-electron chi connectivity index (χ1n) is 7.20. The summed E-state index contributed by atoms with van der Waals surface area (Å²) in [5.74, 6) is 2.04. The van der Waals surface area contributed by atoms with E-state index in [0.29, 0.717) is 23.8 Å². The number of hydrogen-bond donors (Lipinski definition) is 1.